The average Bonchev–Trinajstić information content (AvgIpc) is 3.22. The Hall–Kier alpha value is -3.46. The van der Waals surface area contributed by atoms with Crippen molar-refractivity contribution in [1.29, 1.82) is 0 Å². The second-order valence-corrected chi connectivity index (χ2v) is 9.65. The van der Waals surface area contributed by atoms with E-state index in [1.807, 2.05) is 71.3 Å². The molecular weight excluding hydrogens is 462 g/mol. The molecular formula is C26H27N5O3S. The van der Waals surface area contributed by atoms with E-state index >= 15 is 0 Å². The second kappa shape index (κ2) is 10.4. The van der Waals surface area contributed by atoms with Gasteiger partial charge >= 0.3 is 6.09 Å². The number of pyridine rings is 1. The van der Waals surface area contributed by atoms with Crippen molar-refractivity contribution in [1.82, 2.24) is 24.8 Å². The standard InChI is InChI=1S/C26H27N5O3S/c1-18-24(19-7-3-2-4-8-19)34-26(33)31(18)20-11-15-30(16-12-20)23(32)17-35-25-28-14-10-22(29-25)21-9-5-6-13-27-21/h2-10,13-14,18,20,24H,11-12,15-17H2,1H3/t18-,24-/m0/s1. The largest absolute Gasteiger partial charge is 0.439 e. The van der Waals surface area contributed by atoms with Gasteiger partial charge < -0.3 is 9.64 Å². The lowest BCUT2D eigenvalue weighted by molar-refractivity contribution is -0.129. The van der Waals surface area contributed by atoms with Crippen molar-refractivity contribution in [3.05, 3.63) is 72.6 Å². The number of thioether (sulfide) groups is 1. The third kappa shape index (κ3) is 5.14. The Kier molecular flexibility index (Phi) is 6.94. The Morgan fingerprint density at radius 3 is 2.51 bits per heavy atom. The Labute approximate surface area is 208 Å². The molecule has 2 saturated heterocycles. The molecule has 2 atom stereocenters. The monoisotopic (exact) mass is 489 g/mol. The minimum Gasteiger partial charge on any atom is -0.439 e. The number of nitrogens with zero attached hydrogens (tertiary/aromatic N) is 5. The van der Waals surface area contributed by atoms with Gasteiger partial charge in [0, 0.05) is 31.5 Å². The van der Waals surface area contributed by atoms with Gasteiger partial charge in [0.05, 0.1) is 23.2 Å². The number of hydrogen-bond acceptors (Lipinski definition) is 7. The molecule has 5 rings (SSSR count). The fraction of sp³-hybridized carbons (Fsp3) is 0.346. The third-order valence-corrected chi connectivity index (χ3v) is 7.39. The summed E-state index contributed by atoms with van der Waals surface area (Å²) in [5.41, 5.74) is 2.51. The lowest BCUT2D eigenvalue weighted by atomic mass is 9.98. The minimum atomic E-state index is -0.267. The molecule has 2 amide bonds. The summed E-state index contributed by atoms with van der Waals surface area (Å²) in [6.45, 7) is 3.27. The number of benzene rings is 1. The maximum Gasteiger partial charge on any atom is 0.411 e. The van der Waals surface area contributed by atoms with Crippen molar-refractivity contribution in [2.75, 3.05) is 18.8 Å². The Morgan fingerprint density at radius 2 is 1.77 bits per heavy atom. The number of ether oxygens (including phenoxy) is 1. The molecule has 0 saturated carbocycles. The third-order valence-electron chi connectivity index (χ3n) is 6.54. The van der Waals surface area contributed by atoms with E-state index in [0.29, 0.717) is 18.2 Å². The molecule has 2 aliphatic rings. The van der Waals surface area contributed by atoms with Crippen molar-refractivity contribution in [3.63, 3.8) is 0 Å². The average molecular weight is 490 g/mol. The zero-order valence-corrected chi connectivity index (χ0v) is 20.3. The summed E-state index contributed by atoms with van der Waals surface area (Å²) in [5, 5.41) is 0.553. The number of piperidine rings is 1. The van der Waals surface area contributed by atoms with Crippen LogP contribution in [0.5, 0.6) is 0 Å². The van der Waals surface area contributed by atoms with Crippen LogP contribution in [0.1, 0.15) is 31.4 Å². The van der Waals surface area contributed by atoms with Crippen LogP contribution in [-0.2, 0) is 9.53 Å². The maximum absolute atomic E-state index is 12.9. The quantitative estimate of drug-likeness (QED) is 0.379. The number of hydrogen-bond donors (Lipinski definition) is 0. The highest BCUT2D eigenvalue weighted by Gasteiger charge is 2.44. The van der Waals surface area contributed by atoms with E-state index in [1.165, 1.54) is 11.8 Å². The molecule has 3 aromatic rings. The van der Waals surface area contributed by atoms with E-state index in [-0.39, 0.29) is 35.9 Å². The van der Waals surface area contributed by atoms with E-state index in [4.69, 9.17) is 4.74 Å². The van der Waals surface area contributed by atoms with Gasteiger partial charge in [-0.2, -0.15) is 0 Å². The van der Waals surface area contributed by atoms with Crippen LogP contribution in [0.15, 0.2) is 72.1 Å². The fourth-order valence-corrected chi connectivity index (χ4v) is 5.46. The molecule has 0 unspecified atom stereocenters. The summed E-state index contributed by atoms with van der Waals surface area (Å²) in [4.78, 5) is 42.4. The van der Waals surface area contributed by atoms with Crippen molar-refractivity contribution in [2.24, 2.45) is 0 Å². The van der Waals surface area contributed by atoms with Crippen LogP contribution < -0.4 is 0 Å². The van der Waals surface area contributed by atoms with Crippen molar-refractivity contribution in [2.45, 2.75) is 43.1 Å². The smallest absolute Gasteiger partial charge is 0.411 e. The summed E-state index contributed by atoms with van der Waals surface area (Å²) in [6.07, 6.45) is 4.36. The van der Waals surface area contributed by atoms with Crippen LogP contribution in [0, 0.1) is 0 Å². The lowest BCUT2D eigenvalue weighted by Crippen LogP contribution is -2.49. The molecule has 0 bridgehead atoms. The van der Waals surface area contributed by atoms with Crippen LogP contribution in [-0.4, -0.2) is 67.7 Å². The van der Waals surface area contributed by atoms with Crippen LogP contribution in [0.25, 0.3) is 11.4 Å². The predicted octanol–water partition coefficient (Wildman–Crippen LogP) is 4.20. The van der Waals surface area contributed by atoms with Gasteiger partial charge in [0.2, 0.25) is 5.91 Å². The number of likely N-dealkylation sites (tertiary alicyclic amines) is 1. The lowest BCUT2D eigenvalue weighted by Gasteiger charge is -2.37. The van der Waals surface area contributed by atoms with Gasteiger partial charge in [0.1, 0.15) is 6.10 Å². The molecule has 9 heteroatoms. The van der Waals surface area contributed by atoms with E-state index < -0.39 is 0 Å². The molecule has 4 heterocycles. The van der Waals surface area contributed by atoms with Gasteiger partial charge in [-0.15, -0.1) is 0 Å². The highest BCUT2D eigenvalue weighted by molar-refractivity contribution is 7.99. The van der Waals surface area contributed by atoms with E-state index in [2.05, 4.69) is 15.0 Å². The van der Waals surface area contributed by atoms with Gasteiger partial charge in [0.25, 0.3) is 0 Å². The SMILES string of the molecule is C[C@H]1[C@@H](c2ccccc2)OC(=O)N1C1CCN(C(=O)CSc2nccc(-c3ccccn3)n2)CC1. The molecule has 1 aromatic carbocycles. The molecule has 180 valence electrons. The first-order valence-electron chi connectivity index (χ1n) is 11.8. The Balaban J connectivity index is 1.14. The number of carbonyl (C=O) groups excluding carboxylic acids is 2. The fourth-order valence-electron chi connectivity index (χ4n) is 4.73. The Bertz CT molecular complexity index is 1170. The van der Waals surface area contributed by atoms with Gasteiger partial charge in [-0.1, -0.05) is 48.2 Å². The minimum absolute atomic E-state index is 0.0452. The van der Waals surface area contributed by atoms with Gasteiger partial charge in [-0.05, 0) is 43.5 Å². The van der Waals surface area contributed by atoms with E-state index in [0.717, 1.165) is 29.8 Å². The number of cyclic esters (lactones) is 1. The molecule has 0 aliphatic carbocycles. The summed E-state index contributed by atoms with van der Waals surface area (Å²) in [6, 6.07) is 17.4. The number of carbonyl (C=O) groups is 2. The van der Waals surface area contributed by atoms with Crippen LogP contribution in [0.2, 0.25) is 0 Å². The number of aromatic nitrogens is 3. The molecule has 0 spiro atoms. The summed E-state index contributed by atoms with van der Waals surface area (Å²) in [5.74, 6) is 0.327. The van der Waals surface area contributed by atoms with Gasteiger partial charge in [-0.3, -0.25) is 14.7 Å². The van der Waals surface area contributed by atoms with Crippen LogP contribution >= 0.6 is 11.8 Å². The molecule has 0 radical (unpaired) electrons. The highest BCUT2D eigenvalue weighted by atomic mass is 32.2. The maximum atomic E-state index is 12.9. The first-order chi connectivity index (χ1) is 17.1. The zero-order valence-electron chi connectivity index (χ0n) is 19.5. The molecule has 2 aliphatic heterocycles. The number of rotatable bonds is 6. The molecule has 2 aromatic heterocycles. The van der Waals surface area contributed by atoms with Crippen molar-refractivity contribution < 1.29 is 14.3 Å². The zero-order chi connectivity index (χ0) is 24.2. The molecule has 2 fully saturated rings. The summed E-state index contributed by atoms with van der Waals surface area (Å²) < 4.78 is 5.71. The normalized spacial score (nSPS) is 20.7. The topological polar surface area (TPSA) is 88.5 Å². The first kappa shape index (κ1) is 23.3. The van der Waals surface area contributed by atoms with Crippen LogP contribution in [0.4, 0.5) is 4.79 Å². The predicted molar refractivity (Wildman–Crippen MR) is 133 cm³/mol. The van der Waals surface area contributed by atoms with Gasteiger partial charge in [-0.25, -0.2) is 14.8 Å². The van der Waals surface area contributed by atoms with E-state index in [1.54, 1.807) is 12.4 Å². The first-order valence-corrected chi connectivity index (χ1v) is 12.8. The van der Waals surface area contributed by atoms with Crippen molar-refractivity contribution in [3.8, 4) is 11.4 Å². The summed E-state index contributed by atoms with van der Waals surface area (Å²) >= 11 is 1.33. The van der Waals surface area contributed by atoms with Crippen LogP contribution in [0.3, 0.4) is 0 Å². The molecule has 8 nitrogen and oxygen atoms in total. The summed E-state index contributed by atoms with van der Waals surface area (Å²) in [7, 11) is 0. The van der Waals surface area contributed by atoms with E-state index in [9.17, 15) is 9.59 Å². The molecule has 35 heavy (non-hydrogen) atoms. The van der Waals surface area contributed by atoms with Gasteiger partial charge in [0.15, 0.2) is 5.16 Å². The highest BCUT2D eigenvalue weighted by Crippen LogP contribution is 2.35. The Morgan fingerprint density at radius 1 is 1.00 bits per heavy atom. The molecule has 0 N–H and O–H groups in total. The number of amides is 2. The second-order valence-electron chi connectivity index (χ2n) is 8.70. The van der Waals surface area contributed by atoms with Crippen molar-refractivity contribution >= 4 is 23.8 Å².